The number of rotatable bonds is 8. The Hall–Kier alpha value is -3.24. The smallest absolute Gasteiger partial charge is 0.254 e. The zero-order valence-corrected chi connectivity index (χ0v) is 21.5. The quantitative estimate of drug-likeness (QED) is 0.405. The Morgan fingerprint density at radius 1 is 1.00 bits per heavy atom. The van der Waals surface area contributed by atoms with Crippen molar-refractivity contribution in [3.8, 4) is 0 Å². The van der Waals surface area contributed by atoms with Crippen LogP contribution < -0.4 is 10.2 Å². The molecule has 2 amide bonds. The molecule has 194 valence electrons. The van der Waals surface area contributed by atoms with Crippen LogP contribution in [0.5, 0.6) is 0 Å². The lowest BCUT2D eigenvalue weighted by atomic mass is 10.1. The number of hydrogen-bond acceptors (Lipinski definition) is 6. The molecular formula is C27H27ClFN3O4S. The van der Waals surface area contributed by atoms with E-state index in [-0.39, 0.29) is 12.4 Å². The second-order valence-electron chi connectivity index (χ2n) is 8.60. The molecule has 2 aromatic carbocycles. The standard InChI is InChI=1S/C27H27ClFN3O4S/c28-22-3-1-2-4-23(22)31-11-13-32(14-12-31)27(36)25(34)24(33)26(35)30-16-21-15-19(17-37-21)6-5-18-7-9-20(29)10-8-18/h1-10,15,17,24-25,33-34H,11-14,16H2,(H,30,35)/t24-,25-/m1/s1. The van der Waals surface area contributed by atoms with E-state index in [4.69, 9.17) is 11.6 Å². The number of halogens is 2. The molecule has 1 aliphatic heterocycles. The van der Waals surface area contributed by atoms with Crippen molar-refractivity contribution in [2.24, 2.45) is 0 Å². The summed E-state index contributed by atoms with van der Waals surface area (Å²) in [5, 5.41) is 25.8. The third-order valence-corrected chi connectivity index (χ3v) is 7.33. The third-order valence-electron chi connectivity index (χ3n) is 6.05. The molecule has 1 aromatic heterocycles. The van der Waals surface area contributed by atoms with Gasteiger partial charge in [-0.05, 0) is 46.8 Å². The van der Waals surface area contributed by atoms with Gasteiger partial charge in [-0.15, -0.1) is 11.3 Å². The molecule has 0 unspecified atom stereocenters. The molecule has 0 saturated carbocycles. The highest BCUT2D eigenvalue weighted by Crippen LogP contribution is 2.26. The first-order chi connectivity index (χ1) is 17.8. The molecule has 4 rings (SSSR count). The zero-order valence-electron chi connectivity index (χ0n) is 19.9. The van der Waals surface area contributed by atoms with Crippen LogP contribution >= 0.6 is 22.9 Å². The number of piperazine rings is 1. The van der Waals surface area contributed by atoms with Crippen molar-refractivity contribution in [2.75, 3.05) is 31.1 Å². The van der Waals surface area contributed by atoms with E-state index in [1.54, 1.807) is 18.2 Å². The van der Waals surface area contributed by atoms with Crippen molar-refractivity contribution in [3.63, 3.8) is 0 Å². The fourth-order valence-electron chi connectivity index (χ4n) is 3.96. The number of aliphatic hydroxyl groups is 2. The van der Waals surface area contributed by atoms with Crippen LogP contribution in [0, 0.1) is 5.82 Å². The van der Waals surface area contributed by atoms with E-state index >= 15 is 0 Å². The van der Waals surface area contributed by atoms with Gasteiger partial charge in [0.05, 0.1) is 17.3 Å². The lowest BCUT2D eigenvalue weighted by molar-refractivity contribution is -0.153. The molecule has 37 heavy (non-hydrogen) atoms. The molecule has 0 aliphatic carbocycles. The fraction of sp³-hybridized carbons (Fsp3) is 0.259. The molecule has 0 radical (unpaired) electrons. The van der Waals surface area contributed by atoms with E-state index in [2.05, 4.69) is 5.32 Å². The van der Waals surface area contributed by atoms with Gasteiger partial charge in [0.1, 0.15) is 5.82 Å². The lowest BCUT2D eigenvalue weighted by Crippen LogP contribution is -2.55. The Balaban J connectivity index is 1.24. The first-order valence-corrected chi connectivity index (χ1v) is 13.0. The number of para-hydroxylation sites is 1. The molecule has 0 spiro atoms. The average molecular weight is 544 g/mol. The van der Waals surface area contributed by atoms with Gasteiger partial charge >= 0.3 is 0 Å². The number of carbonyl (C=O) groups is 2. The molecule has 3 N–H and O–H groups in total. The summed E-state index contributed by atoms with van der Waals surface area (Å²) >= 11 is 7.67. The minimum Gasteiger partial charge on any atom is -0.380 e. The largest absolute Gasteiger partial charge is 0.380 e. The molecule has 1 saturated heterocycles. The van der Waals surface area contributed by atoms with Crippen molar-refractivity contribution < 1.29 is 24.2 Å². The van der Waals surface area contributed by atoms with E-state index in [9.17, 15) is 24.2 Å². The number of hydrogen-bond donors (Lipinski definition) is 3. The highest BCUT2D eigenvalue weighted by atomic mass is 35.5. The summed E-state index contributed by atoms with van der Waals surface area (Å²) in [7, 11) is 0. The van der Waals surface area contributed by atoms with Crippen molar-refractivity contribution in [3.05, 3.63) is 86.8 Å². The summed E-state index contributed by atoms with van der Waals surface area (Å²) in [6.07, 6.45) is -0.0157. The van der Waals surface area contributed by atoms with Crippen LogP contribution in [0.25, 0.3) is 12.2 Å². The van der Waals surface area contributed by atoms with E-state index in [0.29, 0.717) is 31.2 Å². The monoisotopic (exact) mass is 543 g/mol. The van der Waals surface area contributed by atoms with Crippen LogP contribution in [0.4, 0.5) is 10.1 Å². The minimum atomic E-state index is -1.88. The highest BCUT2D eigenvalue weighted by molar-refractivity contribution is 7.10. The normalized spacial score (nSPS) is 15.6. The van der Waals surface area contributed by atoms with Crippen LogP contribution in [0.1, 0.15) is 16.0 Å². The van der Waals surface area contributed by atoms with Gasteiger partial charge in [0.2, 0.25) is 0 Å². The Kier molecular flexibility index (Phi) is 8.94. The molecule has 0 bridgehead atoms. The van der Waals surface area contributed by atoms with Gasteiger partial charge in [0, 0.05) is 31.1 Å². The minimum absolute atomic E-state index is 0.141. The van der Waals surface area contributed by atoms with Gasteiger partial charge in [-0.3, -0.25) is 9.59 Å². The summed E-state index contributed by atoms with van der Waals surface area (Å²) in [6.45, 7) is 1.84. The Bertz CT molecular complexity index is 1260. The topological polar surface area (TPSA) is 93.1 Å². The molecule has 1 fully saturated rings. The summed E-state index contributed by atoms with van der Waals surface area (Å²) in [6, 6.07) is 15.4. The van der Waals surface area contributed by atoms with Crippen molar-refractivity contribution in [2.45, 2.75) is 18.8 Å². The molecular weight excluding hydrogens is 517 g/mol. The number of benzene rings is 2. The Morgan fingerprint density at radius 2 is 1.68 bits per heavy atom. The van der Waals surface area contributed by atoms with Gasteiger partial charge < -0.3 is 25.3 Å². The van der Waals surface area contributed by atoms with E-state index in [1.165, 1.54) is 28.4 Å². The zero-order chi connectivity index (χ0) is 26.4. The number of aliphatic hydroxyl groups excluding tert-OH is 2. The third kappa shape index (κ3) is 6.95. The van der Waals surface area contributed by atoms with Gasteiger partial charge in [-0.25, -0.2) is 4.39 Å². The van der Waals surface area contributed by atoms with Crippen LogP contribution in [-0.4, -0.2) is 65.3 Å². The number of anilines is 1. The second kappa shape index (κ2) is 12.3. The predicted octanol–water partition coefficient (Wildman–Crippen LogP) is 3.40. The number of thiophene rings is 1. The van der Waals surface area contributed by atoms with Crippen LogP contribution in [-0.2, 0) is 16.1 Å². The fourth-order valence-corrected chi connectivity index (χ4v) is 5.01. The van der Waals surface area contributed by atoms with Gasteiger partial charge in [-0.2, -0.15) is 0 Å². The van der Waals surface area contributed by atoms with Crippen LogP contribution in [0.3, 0.4) is 0 Å². The van der Waals surface area contributed by atoms with Crippen molar-refractivity contribution in [1.82, 2.24) is 10.2 Å². The van der Waals surface area contributed by atoms with Crippen molar-refractivity contribution >= 4 is 52.6 Å². The molecule has 7 nitrogen and oxygen atoms in total. The predicted molar refractivity (Wildman–Crippen MR) is 144 cm³/mol. The summed E-state index contributed by atoms with van der Waals surface area (Å²) in [5.74, 6) is -1.81. The maximum absolute atomic E-state index is 13.0. The molecule has 3 aromatic rings. The van der Waals surface area contributed by atoms with Gasteiger partial charge in [0.15, 0.2) is 12.2 Å². The summed E-state index contributed by atoms with van der Waals surface area (Å²) < 4.78 is 13.0. The highest BCUT2D eigenvalue weighted by Gasteiger charge is 2.34. The van der Waals surface area contributed by atoms with E-state index in [1.807, 2.05) is 46.7 Å². The van der Waals surface area contributed by atoms with Crippen LogP contribution in [0.2, 0.25) is 5.02 Å². The molecule has 1 aliphatic rings. The first-order valence-electron chi connectivity index (χ1n) is 11.7. The van der Waals surface area contributed by atoms with E-state index in [0.717, 1.165) is 21.7 Å². The summed E-state index contributed by atoms with van der Waals surface area (Å²) in [5.41, 5.74) is 2.64. The summed E-state index contributed by atoms with van der Waals surface area (Å²) in [4.78, 5) is 29.4. The maximum Gasteiger partial charge on any atom is 0.254 e. The average Bonchev–Trinajstić information content (AvgIpc) is 3.38. The number of nitrogens with zero attached hydrogens (tertiary/aromatic N) is 2. The Labute approximate surface area is 223 Å². The van der Waals surface area contributed by atoms with Gasteiger partial charge in [0.25, 0.3) is 11.8 Å². The number of carbonyl (C=O) groups excluding carboxylic acids is 2. The SMILES string of the molecule is O=C(NCc1cc(C=Cc2ccc(F)cc2)cs1)[C@H](O)[C@@H](O)C(=O)N1CCN(c2ccccc2Cl)CC1. The second-order valence-corrected chi connectivity index (χ2v) is 10.0. The van der Waals surface area contributed by atoms with Crippen LogP contribution in [0.15, 0.2) is 60.0 Å². The molecule has 10 heteroatoms. The lowest BCUT2D eigenvalue weighted by Gasteiger charge is -2.37. The first kappa shape index (κ1) is 26.8. The molecule has 2 atom stereocenters. The maximum atomic E-state index is 13.0. The molecule has 2 heterocycles. The van der Waals surface area contributed by atoms with E-state index < -0.39 is 24.0 Å². The number of amides is 2. The van der Waals surface area contributed by atoms with Crippen molar-refractivity contribution in [1.29, 1.82) is 0 Å². The number of nitrogens with one attached hydrogen (secondary N) is 1. The van der Waals surface area contributed by atoms with Gasteiger partial charge in [-0.1, -0.05) is 48.0 Å². The Morgan fingerprint density at radius 3 is 2.38 bits per heavy atom.